The maximum Gasteiger partial charge on any atom is 0.416 e. The van der Waals surface area contributed by atoms with E-state index >= 15 is 0 Å². The number of piperidine rings is 1. The number of carbonyl (C=O) groups excluding carboxylic acids is 1. The first-order chi connectivity index (χ1) is 14.8. The first kappa shape index (κ1) is 20.8. The van der Waals surface area contributed by atoms with Crippen LogP contribution in [0.15, 0.2) is 55.0 Å². The fourth-order valence-electron chi connectivity index (χ4n) is 3.84. The first-order valence-electron chi connectivity index (χ1n) is 9.82. The van der Waals surface area contributed by atoms with Gasteiger partial charge in [0.2, 0.25) is 5.95 Å². The summed E-state index contributed by atoms with van der Waals surface area (Å²) in [6.07, 6.45) is 1.83. The maximum absolute atomic E-state index is 12.9. The average Bonchev–Trinajstić information content (AvgIpc) is 2.79. The molecular weight excluding hydrogens is 407 g/mol. The van der Waals surface area contributed by atoms with Gasteiger partial charge in [0, 0.05) is 48.7 Å². The van der Waals surface area contributed by atoms with E-state index in [0.29, 0.717) is 35.5 Å². The van der Waals surface area contributed by atoms with E-state index in [1.54, 1.807) is 29.4 Å². The highest BCUT2D eigenvalue weighted by molar-refractivity contribution is 5.94. The topological polar surface area (TPSA) is 85.0 Å². The highest BCUT2D eigenvalue weighted by atomic mass is 19.4. The van der Waals surface area contributed by atoms with Crippen LogP contribution in [0.4, 0.5) is 19.1 Å². The van der Waals surface area contributed by atoms with Gasteiger partial charge in [-0.1, -0.05) is 12.1 Å². The van der Waals surface area contributed by atoms with Gasteiger partial charge in [-0.05, 0) is 42.7 Å². The zero-order valence-electron chi connectivity index (χ0n) is 16.5. The number of hydrogen-bond donors (Lipinski definition) is 1. The van der Waals surface area contributed by atoms with Gasteiger partial charge in [0.1, 0.15) is 0 Å². The van der Waals surface area contributed by atoms with Crippen molar-refractivity contribution < 1.29 is 18.0 Å². The summed E-state index contributed by atoms with van der Waals surface area (Å²) in [5.41, 5.74) is 7.48. The number of nitrogens with two attached hydrogens (primary N) is 1. The van der Waals surface area contributed by atoms with Gasteiger partial charge in [0.25, 0.3) is 5.91 Å². The molecule has 31 heavy (non-hydrogen) atoms. The number of aromatic nitrogens is 3. The lowest BCUT2D eigenvalue weighted by atomic mass is 9.89. The minimum Gasteiger partial charge on any atom is -0.368 e. The number of likely N-dealkylation sites (tertiary alicyclic amines) is 1. The van der Waals surface area contributed by atoms with E-state index < -0.39 is 11.7 Å². The van der Waals surface area contributed by atoms with Gasteiger partial charge in [0.05, 0.1) is 11.3 Å². The van der Waals surface area contributed by atoms with Gasteiger partial charge in [-0.3, -0.25) is 9.78 Å². The van der Waals surface area contributed by atoms with Crippen molar-refractivity contribution in [1.29, 1.82) is 0 Å². The average molecular weight is 427 g/mol. The summed E-state index contributed by atoms with van der Waals surface area (Å²) in [6.45, 7) is 1.05. The summed E-state index contributed by atoms with van der Waals surface area (Å²) in [7, 11) is 0. The second-order valence-corrected chi connectivity index (χ2v) is 7.43. The van der Waals surface area contributed by atoms with Crippen molar-refractivity contribution in [2.24, 2.45) is 0 Å². The molecular formula is C22H20F3N5O. The van der Waals surface area contributed by atoms with E-state index in [1.807, 2.05) is 0 Å². The summed E-state index contributed by atoms with van der Waals surface area (Å²) >= 11 is 0. The van der Waals surface area contributed by atoms with Gasteiger partial charge >= 0.3 is 6.18 Å². The molecule has 1 aliphatic rings. The zero-order valence-corrected chi connectivity index (χ0v) is 16.5. The molecule has 6 nitrogen and oxygen atoms in total. The second-order valence-electron chi connectivity index (χ2n) is 7.43. The summed E-state index contributed by atoms with van der Waals surface area (Å²) in [5, 5.41) is 0. The van der Waals surface area contributed by atoms with E-state index in [9.17, 15) is 18.0 Å². The molecule has 3 heterocycles. The van der Waals surface area contributed by atoms with Crippen molar-refractivity contribution in [2.45, 2.75) is 24.9 Å². The Labute approximate surface area is 177 Å². The molecule has 1 atom stereocenters. The smallest absolute Gasteiger partial charge is 0.368 e. The number of anilines is 1. The number of pyridine rings is 1. The fraction of sp³-hybridized carbons (Fsp3) is 0.273. The summed E-state index contributed by atoms with van der Waals surface area (Å²) in [6, 6.07) is 8.23. The lowest BCUT2D eigenvalue weighted by Gasteiger charge is -2.33. The van der Waals surface area contributed by atoms with Crippen LogP contribution in [0.25, 0.3) is 11.1 Å². The highest BCUT2D eigenvalue weighted by Crippen LogP contribution is 2.35. The Kier molecular flexibility index (Phi) is 5.58. The number of alkyl halides is 3. The molecule has 0 spiro atoms. The minimum absolute atomic E-state index is 0.0863. The summed E-state index contributed by atoms with van der Waals surface area (Å²) in [4.78, 5) is 27.0. The molecule has 1 aromatic carbocycles. The quantitative estimate of drug-likeness (QED) is 0.679. The second kappa shape index (κ2) is 8.33. The third-order valence-electron chi connectivity index (χ3n) is 5.38. The van der Waals surface area contributed by atoms with Crippen LogP contribution in [-0.4, -0.2) is 38.8 Å². The molecule has 0 saturated carbocycles. The molecule has 0 aliphatic carbocycles. The monoisotopic (exact) mass is 427 g/mol. The fourth-order valence-corrected chi connectivity index (χ4v) is 3.84. The van der Waals surface area contributed by atoms with Crippen molar-refractivity contribution in [3.05, 3.63) is 71.8 Å². The lowest BCUT2D eigenvalue weighted by Crippen LogP contribution is -2.39. The number of hydrogen-bond acceptors (Lipinski definition) is 5. The van der Waals surface area contributed by atoms with Crippen LogP contribution in [-0.2, 0) is 6.18 Å². The molecule has 1 aliphatic heterocycles. The molecule has 0 radical (unpaired) electrons. The van der Waals surface area contributed by atoms with E-state index in [4.69, 9.17) is 5.73 Å². The predicted octanol–water partition coefficient (Wildman–Crippen LogP) is 4.16. The normalized spacial score (nSPS) is 16.9. The first-order valence-corrected chi connectivity index (χ1v) is 9.82. The molecule has 2 N–H and O–H groups in total. The number of amides is 1. The molecule has 1 saturated heterocycles. The molecule has 1 amide bonds. The van der Waals surface area contributed by atoms with Crippen molar-refractivity contribution in [1.82, 2.24) is 19.9 Å². The molecule has 3 aromatic rings. The Bertz CT molecular complexity index is 1070. The van der Waals surface area contributed by atoms with Crippen molar-refractivity contribution >= 4 is 11.9 Å². The van der Waals surface area contributed by atoms with Crippen LogP contribution in [0.1, 0.15) is 40.4 Å². The van der Waals surface area contributed by atoms with Gasteiger partial charge < -0.3 is 10.6 Å². The van der Waals surface area contributed by atoms with Crippen molar-refractivity contribution in [3.63, 3.8) is 0 Å². The van der Waals surface area contributed by atoms with Gasteiger partial charge in [0.15, 0.2) is 0 Å². The molecule has 0 bridgehead atoms. The van der Waals surface area contributed by atoms with Gasteiger partial charge in [-0.25, -0.2) is 9.97 Å². The lowest BCUT2D eigenvalue weighted by molar-refractivity contribution is -0.137. The molecule has 1 unspecified atom stereocenters. The zero-order chi connectivity index (χ0) is 22.0. The van der Waals surface area contributed by atoms with E-state index in [0.717, 1.165) is 25.0 Å². The Balaban J connectivity index is 1.63. The van der Waals surface area contributed by atoms with Crippen LogP contribution < -0.4 is 5.73 Å². The molecule has 9 heteroatoms. The van der Waals surface area contributed by atoms with Crippen LogP contribution >= 0.6 is 0 Å². The Morgan fingerprint density at radius 2 is 1.81 bits per heavy atom. The molecule has 2 aromatic heterocycles. The third kappa shape index (κ3) is 4.50. The largest absolute Gasteiger partial charge is 0.416 e. The number of carbonyl (C=O) groups is 1. The highest BCUT2D eigenvalue weighted by Gasteiger charge is 2.31. The van der Waals surface area contributed by atoms with Crippen LogP contribution in [0, 0.1) is 0 Å². The van der Waals surface area contributed by atoms with Crippen LogP contribution in [0.2, 0.25) is 0 Å². The number of benzene rings is 1. The van der Waals surface area contributed by atoms with Crippen molar-refractivity contribution in [3.8, 4) is 11.1 Å². The number of nitrogens with zero attached hydrogens (tertiary/aromatic N) is 4. The van der Waals surface area contributed by atoms with E-state index in [1.165, 1.54) is 18.3 Å². The third-order valence-corrected chi connectivity index (χ3v) is 5.38. The summed E-state index contributed by atoms with van der Waals surface area (Å²) in [5.74, 6) is -0.115. The SMILES string of the molecule is Nc1ncc(-c2ccc(C(F)(F)F)cc2)c(C2CCCN(C(=O)c3ccncc3)C2)n1. The van der Waals surface area contributed by atoms with Crippen molar-refractivity contribution in [2.75, 3.05) is 18.8 Å². The van der Waals surface area contributed by atoms with E-state index in [2.05, 4.69) is 15.0 Å². The standard InChI is InChI=1S/C22H20F3N5O/c23-22(24,25)17-5-3-14(4-6-17)18-12-28-21(26)29-19(18)16-2-1-11-30(13-16)20(31)15-7-9-27-10-8-15/h3-10,12,16H,1-2,11,13H2,(H2,26,28,29). The Morgan fingerprint density at radius 3 is 2.48 bits per heavy atom. The van der Waals surface area contributed by atoms with Gasteiger partial charge in [-0.2, -0.15) is 13.2 Å². The number of rotatable bonds is 3. The molecule has 4 rings (SSSR count). The van der Waals surface area contributed by atoms with E-state index in [-0.39, 0.29) is 17.8 Å². The Morgan fingerprint density at radius 1 is 1.10 bits per heavy atom. The number of halogens is 3. The van der Waals surface area contributed by atoms with Gasteiger partial charge in [-0.15, -0.1) is 0 Å². The maximum atomic E-state index is 12.9. The molecule has 160 valence electrons. The van der Waals surface area contributed by atoms with Crippen LogP contribution in [0.5, 0.6) is 0 Å². The van der Waals surface area contributed by atoms with Crippen LogP contribution in [0.3, 0.4) is 0 Å². The summed E-state index contributed by atoms with van der Waals surface area (Å²) < 4.78 is 38.8. The molecule has 1 fully saturated rings. The Hall–Kier alpha value is -3.49. The predicted molar refractivity (Wildman–Crippen MR) is 109 cm³/mol. The number of nitrogen functional groups attached to an aromatic ring is 1. The minimum atomic E-state index is -4.41.